The second-order valence-electron chi connectivity index (χ2n) is 6.60. The maximum atomic E-state index is 9.60. The molecule has 0 saturated heterocycles. The summed E-state index contributed by atoms with van der Waals surface area (Å²) in [6, 6.07) is 28.8. The largest absolute Gasteiger partial charge is 0.497 e. The van der Waals surface area contributed by atoms with Crippen LogP contribution in [0.15, 0.2) is 97.5 Å². The molecule has 0 bridgehead atoms. The van der Waals surface area contributed by atoms with E-state index in [1.807, 2.05) is 54.7 Å². The molecule has 1 aromatic heterocycles. The fourth-order valence-corrected chi connectivity index (χ4v) is 3.77. The van der Waals surface area contributed by atoms with Gasteiger partial charge in [-0.05, 0) is 28.8 Å². The summed E-state index contributed by atoms with van der Waals surface area (Å²) < 4.78 is 7.44. The molecule has 140 valence electrons. The molecule has 0 fully saturated rings. The number of aliphatic hydroxyl groups excluding tert-OH is 1. The van der Waals surface area contributed by atoms with Crippen molar-refractivity contribution >= 4 is 0 Å². The zero-order chi connectivity index (χ0) is 19.4. The third kappa shape index (κ3) is 2.98. The number of aromatic nitrogens is 2. The smallest absolute Gasteiger partial charge is 0.121 e. The van der Waals surface area contributed by atoms with E-state index in [4.69, 9.17) is 4.74 Å². The van der Waals surface area contributed by atoms with Gasteiger partial charge in [0, 0.05) is 6.20 Å². The summed E-state index contributed by atoms with van der Waals surface area (Å²) >= 11 is 0. The molecule has 0 aliphatic heterocycles. The molecule has 0 aliphatic rings. The lowest BCUT2D eigenvalue weighted by Crippen LogP contribution is -2.37. The molecule has 4 aromatic rings. The van der Waals surface area contributed by atoms with Crippen molar-refractivity contribution in [1.29, 1.82) is 0 Å². The van der Waals surface area contributed by atoms with E-state index in [-0.39, 0.29) is 6.61 Å². The number of rotatable bonds is 6. The SMILES string of the molecule is COc1ccc(C(c2ccccc2)(c2ccccc2)n2cnc(CO)c2)cc1. The molecule has 1 N–H and O–H groups in total. The maximum Gasteiger partial charge on any atom is 0.121 e. The van der Waals surface area contributed by atoms with Crippen molar-refractivity contribution in [3.8, 4) is 5.75 Å². The van der Waals surface area contributed by atoms with E-state index in [0.717, 1.165) is 22.4 Å². The highest BCUT2D eigenvalue weighted by atomic mass is 16.5. The number of imidazole rings is 1. The van der Waals surface area contributed by atoms with E-state index in [1.54, 1.807) is 13.4 Å². The van der Waals surface area contributed by atoms with Gasteiger partial charge in [-0.2, -0.15) is 0 Å². The fourth-order valence-electron chi connectivity index (χ4n) is 3.77. The minimum absolute atomic E-state index is 0.102. The molecule has 1 heterocycles. The highest BCUT2D eigenvalue weighted by Crippen LogP contribution is 2.41. The van der Waals surface area contributed by atoms with Crippen molar-refractivity contribution in [2.45, 2.75) is 12.1 Å². The Morgan fingerprint density at radius 3 is 1.82 bits per heavy atom. The molecule has 0 aliphatic carbocycles. The van der Waals surface area contributed by atoms with Crippen molar-refractivity contribution in [3.05, 3.63) is 120 Å². The Morgan fingerprint density at radius 1 is 0.821 bits per heavy atom. The zero-order valence-electron chi connectivity index (χ0n) is 15.7. The van der Waals surface area contributed by atoms with Crippen LogP contribution in [-0.2, 0) is 12.1 Å². The van der Waals surface area contributed by atoms with Crippen molar-refractivity contribution in [2.75, 3.05) is 7.11 Å². The van der Waals surface area contributed by atoms with Gasteiger partial charge in [0.25, 0.3) is 0 Å². The van der Waals surface area contributed by atoms with Crippen molar-refractivity contribution in [2.24, 2.45) is 0 Å². The minimum Gasteiger partial charge on any atom is -0.497 e. The Hall–Kier alpha value is -3.37. The molecule has 3 aromatic carbocycles. The highest BCUT2D eigenvalue weighted by Gasteiger charge is 2.38. The van der Waals surface area contributed by atoms with Crippen molar-refractivity contribution in [1.82, 2.24) is 9.55 Å². The lowest BCUT2D eigenvalue weighted by molar-refractivity contribution is 0.277. The van der Waals surface area contributed by atoms with Gasteiger partial charge < -0.3 is 14.4 Å². The number of methoxy groups -OCH3 is 1. The third-order valence-corrected chi connectivity index (χ3v) is 5.08. The molecule has 0 spiro atoms. The summed E-state index contributed by atoms with van der Waals surface area (Å²) in [6.45, 7) is -0.102. The summed E-state index contributed by atoms with van der Waals surface area (Å²) in [5.41, 5.74) is 3.29. The normalized spacial score (nSPS) is 11.4. The molecule has 0 amide bonds. The number of hydrogen-bond acceptors (Lipinski definition) is 3. The van der Waals surface area contributed by atoms with Gasteiger partial charge >= 0.3 is 0 Å². The molecule has 4 rings (SSSR count). The molecule has 0 unspecified atom stereocenters. The number of benzene rings is 3. The lowest BCUT2D eigenvalue weighted by atomic mass is 9.76. The second-order valence-corrected chi connectivity index (χ2v) is 6.60. The topological polar surface area (TPSA) is 47.3 Å². The predicted octanol–water partition coefficient (Wildman–Crippen LogP) is 4.22. The first-order chi connectivity index (χ1) is 13.8. The number of ether oxygens (including phenoxy) is 1. The van der Waals surface area contributed by atoms with Crippen LogP contribution < -0.4 is 4.74 Å². The van der Waals surface area contributed by atoms with E-state index in [1.165, 1.54) is 0 Å². The van der Waals surface area contributed by atoms with Gasteiger partial charge in [-0.3, -0.25) is 0 Å². The van der Waals surface area contributed by atoms with E-state index in [2.05, 4.69) is 45.9 Å². The molecule has 0 atom stereocenters. The monoisotopic (exact) mass is 370 g/mol. The first-order valence-electron chi connectivity index (χ1n) is 9.19. The average Bonchev–Trinajstić information content (AvgIpc) is 3.26. The standard InChI is InChI=1S/C24H22N2O2/c1-28-23-14-12-21(13-15-23)24(19-8-4-2-5-9-19,20-10-6-3-7-11-20)26-16-22(17-27)25-18-26/h2-16,18,27H,17H2,1H3. The van der Waals surface area contributed by atoms with Crippen LogP contribution in [0.5, 0.6) is 5.75 Å². The first-order valence-corrected chi connectivity index (χ1v) is 9.19. The van der Waals surface area contributed by atoms with Gasteiger partial charge in [-0.25, -0.2) is 4.98 Å². The molecular formula is C24H22N2O2. The van der Waals surface area contributed by atoms with Crippen LogP contribution in [0.3, 0.4) is 0 Å². The summed E-state index contributed by atoms with van der Waals surface area (Å²) in [4.78, 5) is 4.40. The van der Waals surface area contributed by atoms with E-state index in [0.29, 0.717) is 5.69 Å². The van der Waals surface area contributed by atoms with Crippen LogP contribution >= 0.6 is 0 Å². The van der Waals surface area contributed by atoms with Gasteiger partial charge in [0.15, 0.2) is 0 Å². The molecule has 0 radical (unpaired) electrons. The Morgan fingerprint density at radius 2 is 1.36 bits per heavy atom. The van der Waals surface area contributed by atoms with Gasteiger partial charge in [0.1, 0.15) is 11.3 Å². The molecule has 0 saturated carbocycles. The maximum absolute atomic E-state index is 9.60. The fraction of sp³-hybridized carbons (Fsp3) is 0.125. The summed E-state index contributed by atoms with van der Waals surface area (Å²) in [5.74, 6) is 0.806. The van der Waals surface area contributed by atoms with Crippen LogP contribution in [0.2, 0.25) is 0 Å². The number of nitrogens with zero attached hydrogens (tertiary/aromatic N) is 2. The average molecular weight is 370 g/mol. The van der Waals surface area contributed by atoms with Crippen LogP contribution in [0.1, 0.15) is 22.4 Å². The summed E-state index contributed by atoms with van der Waals surface area (Å²) in [7, 11) is 1.67. The van der Waals surface area contributed by atoms with Crippen LogP contribution in [-0.4, -0.2) is 21.8 Å². The molecule has 4 nitrogen and oxygen atoms in total. The zero-order valence-corrected chi connectivity index (χ0v) is 15.7. The molecule has 28 heavy (non-hydrogen) atoms. The first kappa shape index (κ1) is 18.0. The van der Waals surface area contributed by atoms with Gasteiger partial charge in [-0.1, -0.05) is 72.8 Å². The van der Waals surface area contributed by atoms with Crippen LogP contribution in [0, 0.1) is 0 Å². The Balaban J connectivity index is 2.07. The summed E-state index contributed by atoms with van der Waals surface area (Å²) in [6.07, 6.45) is 3.69. The van der Waals surface area contributed by atoms with E-state index < -0.39 is 5.54 Å². The Kier molecular flexibility index (Phi) is 4.96. The number of aliphatic hydroxyl groups is 1. The van der Waals surface area contributed by atoms with Gasteiger partial charge in [0.2, 0.25) is 0 Å². The lowest BCUT2D eigenvalue weighted by Gasteiger charge is -2.37. The number of hydrogen-bond donors (Lipinski definition) is 1. The highest BCUT2D eigenvalue weighted by molar-refractivity contribution is 5.51. The molecular weight excluding hydrogens is 348 g/mol. The second kappa shape index (κ2) is 7.71. The van der Waals surface area contributed by atoms with Crippen molar-refractivity contribution < 1.29 is 9.84 Å². The quantitative estimate of drug-likeness (QED) is 0.517. The third-order valence-electron chi connectivity index (χ3n) is 5.08. The van der Waals surface area contributed by atoms with Gasteiger partial charge in [0.05, 0.1) is 25.7 Å². The van der Waals surface area contributed by atoms with Crippen molar-refractivity contribution in [3.63, 3.8) is 0 Å². The van der Waals surface area contributed by atoms with Gasteiger partial charge in [-0.15, -0.1) is 0 Å². The van der Waals surface area contributed by atoms with E-state index in [9.17, 15) is 5.11 Å². The predicted molar refractivity (Wildman–Crippen MR) is 109 cm³/mol. The summed E-state index contributed by atoms with van der Waals surface area (Å²) in [5, 5.41) is 9.60. The van der Waals surface area contributed by atoms with Crippen LogP contribution in [0.4, 0.5) is 0 Å². The Labute approximate surface area is 164 Å². The minimum atomic E-state index is -0.630. The Bertz CT molecular complexity index is 986. The van der Waals surface area contributed by atoms with Crippen LogP contribution in [0.25, 0.3) is 0 Å². The van der Waals surface area contributed by atoms with E-state index >= 15 is 0 Å². The molecule has 4 heteroatoms.